The molecule has 0 saturated carbocycles. The predicted octanol–water partition coefficient (Wildman–Crippen LogP) is 3.09. The van der Waals surface area contributed by atoms with Gasteiger partial charge in [0.1, 0.15) is 5.82 Å². The van der Waals surface area contributed by atoms with Crippen molar-refractivity contribution >= 4 is 16.7 Å². The van der Waals surface area contributed by atoms with Crippen molar-refractivity contribution in [3.8, 4) is 0 Å². The van der Waals surface area contributed by atoms with Crippen LogP contribution < -0.4 is 4.90 Å². The highest BCUT2D eigenvalue weighted by molar-refractivity contribution is 5.78. The number of rotatable bonds is 3. The van der Waals surface area contributed by atoms with Crippen molar-refractivity contribution in [1.29, 1.82) is 0 Å². The largest absolute Gasteiger partial charge is 0.354 e. The van der Waals surface area contributed by atoms with Gasteiger partial charge in [-0.05, 0) is 35.9 Å². The minimum absolute atomic E-state index is 0.417. The van der Waals surface area contributed by atoms with Crippen LogP contribution in [-0.4, -0.2) is 41.0 Å². The van der Waals surface area contributed by atoms with Crippen molar-refractivity contribution < 1.29 is 4.39 Å². The summed E-state index contributed by atoms with van der Waals surface area (Å²) < 4.78 is 13.3. The molecule has 122 valence electrons. The molecule has 1 aromatic carbocycles. The molecule has 1 saturated heterocycles. The third-order valence-corrected chi connectivity index (χ3v) is 4.47. The average Bonchev–Trinajstić information content (AvgIpc) is 2.62. The SMILES string of the molecule is Fc1cccc(N2CCN(Cc3ccc4ncccc4c3)CC2)n1. The molecule has 0 spiro atoms. The van der Waals surface area contributed by atoms with Gasteiger partial charge in [0.2, 0.25) is 5.95 Å². The number of benzene rings is 1. The monoisotopic (exact) mass is 322 g/mol. The van der Waals surface area contributed by atoms with E-state index in [2.05, 4.69) is 44.0 Å². The highest BCUT2D eigenvalue weighted by Crippen LogP contribution is 2.18. The Bertz CT molecular complexity index is 843. The van der Waals surface area contributed by atoms with E-state index in [1.807, 2.05) is 18.3 Å². The third kappa shape index (κ3) is 3.21. The Morgan fingerprint density at radius 2 is 1.83 bits per heavy atom. The van der Waals surface area contributed by atoms with Gasteiger partial charge < -0.3 is 4.90 Å². The van der Waals surface area contributed by atoms with Crippen LogP contribution in [0.2, 0.25) is 0 Å². The van der Waals surface area contributed by atoms with Gasteiger partial charge in [0.15, 0.2) is 0 Å². The van der Waals surface area contributed by atoms with Crippen LogP contribution in [0.15, 0.2) is 54.7 Å². The molecule has 0 amide bonds. The molecule has 3 heterocycles. The Hall–Kier alpha value is -2.53. The summed E-state index contributed by atoms with van der Waals surface area (Å²) in [7, 11) is 0. The maximum atomic E-state index is 13.3. The van der Waals surface area contributed by atoms with Gasteiger partial charge in [0.25, 0.3) is 0 Å². The molecule has 5 heteroatoms. The van der Waals surface area contributed by atoms with E-state index in [0.29, 0.717) is 0 Å². The number of aromatic nitrogens is 2. The normalized spacial score (nSPS) is 15.8. The Balaban J connectivity index is 1.40. The first-order valence-corrected chi connectivity index (χ1v) is 8.21. The van der Waals surface area contributed by atoms with E-state index in [-0.39, 0.29) is 0 Å². The van der Waals surface area contributed by atoms with Gasteiger partial charge in [-0.2, -0.15) is 4.39 Å². The van der Waals surface area contributed by atoms with E-state index in [4.69, 9.17) is 0 Å². The molecule has 0 unspecified atom stereocenters. The van der Waals surface area contributed by atoms with Crippen molar-refractivity contribution in [3.63, 3.8) is 0 Å². The summed E-state index contributed by atoms with van der Waals surface area (Å²) in [5.41, 5.74) is 2.33. The predicted molar refractivity (Wildman–Crippen MR) is 93.4 cm³/mol. The first-order chi connectivity index (χ1) is 11.8. The summed E-state index contributed by atoms with van der Waals surface area (Å²) >= 11 is 0. The standard InChI is InChI=1S/C19H19FN4/c20-18-4-1-5-19(22-18)24-11-9-23(10-12-24)14-15-6-7-17-16(13-15)3-2-8-21-17/h1-8,13H,9-12,14H2. The Labute approximate surface area is 140 Å². The second kappa shape index (κ2) is 6.53. The molecule has 0 atom stereocenters. The molecule has 24 heavy (non-hydrogen) atoms. The summed E-state index contributed by atoms with van der Waals surface area (Å²) in [5.74, 6) is 0.311. The number of halogens is 1. The Morgan fingerprint density at radius 3 is 2.67 bits per heavy atom. The highest BCUT2D eigenvalue weighted by Gasteiger charge is 2.18. The Kier molecular flexibility index (Phi) is 4.09. The first-order valence-electron chi connectivity index (χ1n) is 8.21. The first kappa shape index (κ1) is 15.0. The second-order valence-electron chi connectivity index (χ2n) is 6.11. The van der Waals surface area contributed by atoms with Gasteiger partial charge in [-0.15, -0.1) is 0 Å². The molecule has 3 aromatic rings. The number of anilines is 1. The third-order valence-electron chi connectivity index (χ3n) is 4.47. The summed E-state index contributed by atoms with van der Waals surface area (Å²) in [6, 6.07) is 15.5. The summed E-state index contributed by atoms with van der Waals surface area (Å²) in [4.78, 5) is 12.9. The number of nitrogens with zero attached hydrogens (tertiary/aromatic N) is 4. The van der Waals surface area contributed by atoms with Crippen LogP contribution >= 0.6 is 0 Å². The molecule has 1 aliphatic heterocycles. The van der Waals surface area contributed by atoms with Gasteiger partial charge in [0, 0.05) is 44.3 Å². The second-order valence-corrected chi connectivity index (χ2v) is 6.11. The maximum Gasteiger partial charge on any atom is 0.214 e. The number of hydrogen-bond acceptors (Lipinski definition) is 4. The minimum atomic E-state index is -0.417. The van der Waals surface area contributed by atoms with Crippen molar-refractivity contribution in [2.24, 2.45) is 0 Å². The topological polar surface area (TPSA) is 32.3 Å². The van der Waals surface area contributed by atoms with Gasteiger partial charge in [-0.25, -0.2) is 4.98 Å². The van der Waals surface area contributed by atoms with E-state index in [0.717, 1.165) is 44.1 Å². The van der Waals surface area contributed by atoms with Crippen LogP contribution in [0.25, 0.3) is 10.9 Å². The number of fused-ring (bicyclic) bond motifs is 1. The molecular formula is C19H19FN4. The average molecular weight is 322 g/mol. The maximum absolute atomic E-state index is 13.3. The van der Waals surface area contributed by atoms with Crippen LogP contribution in [0, 0.1) is 5.95 Å². The minimum Gasteiger partial charge on any atom is -0.354 e. The Morgan fingerprint density at radius 1 is 0.958 bits per heavy atom. The van der Waals surface area contributed by atoms with Crippen molar-refractivity contribution in [1.82, 2.24) is 14.9 Å². The molecule has 2 aromatic heterocycles. The van der Waals surface area contributed by atoms with E-state index in [1.54, 1.807) is 6.07 Å². The molecule has 0 radical (unpaired) electrons. The van der Waals surface area contributed by atoms with Gasteiger partial charge >= 0.3 is 0 Å². The van der Waals surface area contributed by atoms with E-state index in [1.165, 1.54) is 17.0 Å². The van der Waals surface area contributed by atoms with Gasteiger partial charge in [-0.1, -0.05) is 18.2 Å². The fraction of sp³-hybridized carbons (Fsp3) is 0.263. The summed E-state index contributed by atoms with van der Waals surface area (Å²) in [5, 5.41) is 1.18. The van der Waals surface area contributed by atoms with Crippen LogP contribution in [-0.2, 0) is 6.54 Å². The van der Waals surface area contributed by atoms with E-state index in [9.17, 15) is 4.39 Å². The lowest BCUT2D eigenvalue weighted by atomic mass is 10.1. The zero-order valence-corrected chi connectivity index (χ0v) is 13.4. The zero-order valence-electron chi connectivity index (χ0n) is 13.4. The quantitative estimate of drug-likeness (QED) is 0.694. The fourth-order valence-corrected chi connectivity index (χ4v) is 3.19. The molecule has 1 aliphatic rings. The molecule has 0 N–H and O–H groups in total. The van der Waals surface area contributed by atoms with Crippen molar-refractivity contribution in [2.45, 2.75) is 6.54 Å². The number of piperazine rings is 1. The molecule has 4 nitrogen and oxygen atoms in total. The van der Waals surface area contributed by atoms with Crippen LogP contribution in [0.1, 0.15) is 5.56 Å². The number of pyridine rings is 2. The van der Waals surface area contributed by atoms with Crippen molar-refractivity contribution in [3.05, 3.63) is 66.2 Å². The van der Waals surface area contributed by atoms with Gasteiger partial charge in [0.05, 0.1) is 5.52 Å². The molecule has 1 fully saturated rings. The zero-order chi connectivity index (χ0) is 16.4. The van der Waals surface area contributed by atoms with E-state index < -0.39 is 5.95 Å². The lowest BCUT2D eigenvalue weighted by Gasteiger charge is -2.35. The number of hydrogen-bond donors (Lipinski definition) is 0. The molecule has 0 bridgehead atoms. The molecule has 4 rings (SSSR count). The lowest BCUT2D eigenvalue weighted by Crippen LogP contribution is -2.46. The molecular weight excluding hydrogens is 303 g/mol. The molecule has 0 aliphatic carbocycles. The van der Waals surface area contributed by atoms with Crippen LogP contribution in [0.5, 0.6) is 0 Å². The fourth-order valence-electron chi connectivity index (χ4n) is 3.19. The van der Waals surface area contributed by atoms with Crippen LogP contribution in [0.3, 0.4) is 0 Å². The van der Waals surface area contributed by atoms with Gasteiger partial charge in [-0.3, -0.25) is 9.88 Å². The smallest absolute Gasteiger partial charge is 0.214 e. The van der Waals surface area contributed by atoms with Crippen LogP contribution in [0.4, 0.5) is 10.2 Å². The van der Waals surface area contributed by atoms with Crippen molar-refractivity contribution in [2.75, 3.05) is 31.1 Å². The van der Waals surface area contributed by atoms with E-state index >= 15 is 0 Å². The summed E-state index contributed by atoms with van der Waals surface area (Å²) in [6.07, 6.45) is 1.82. The highest BCUT2D eigenvalue weighted by atomic mass is 19.1. The summed E-state index contributed by atoms with van der Waals surface area (Å²) in [6.45, 7) is 4.55. The lowest BCUT2D eigenvalue weighted by molar-refractivity contribution is 0.249.